The average Bonchev–Trinajstić information content (AvgIpc) is 2.75. The highest BCUT2D eigenvalue weighted by atomic mass is 19.1. The SMILES string of the molecule is Cn1c(=O)c(Oc2ccc(F)cc2F)cc2cnc(NCCN3CCOCC3)nc21. The van der Waals surface area contributed by atoms with Gasteiger partial charge in [-0.2, -0.15) is 4.98 Å². The van der Waals surface area contributed by atoms with Crippen molar-refractivity contribution in [2.75, 3.05) is 44.7 Å². The lowest BCUT2D eigenvalue weighted by atomic mass is 10.3. The van der Waals surface area contributed by atoms with E-state index in [1.165, 1.54) is 10.6 Å². The van der Waals surface area contributed by atoms with Gasteiger partial charge in [0, 0.05) is 50.9 Å². The zero-order valence-electron chi connectivity index (χ0n) is 16.4. The maximum atomic E-state index is 13.9. The van der Waals surface area contributed by atoms with Crippen LogP contribution in [0.4, 0.5) is 14.7 Å². The molecule has 1 aliphatic rings. The number of hydrogen-bond acceptors (Lipinski definition) is 7. The molecule has 10 heteroatoms. The number of nitrogens with one attached hydrogen (secondary N) is 1. The molecule has 1 fully saturated rings. The van der Waals surface area contributed by atoms with Gasteiger partial charge in [0.25, 0.3) is 5.56 Å². The van der Waals surface area contributed by atoms with E-state index in [0.717, 1.165) is 45.0 Å². The number of ether oxygens (including phenoxy) is 2. The number of pyridine rings is 1. The van der Waals surface area contributed by atoms with Crippen molar-refractivity contribution in [2.45, 2.75) is 0 Å². The second-order valence-electron chi connectivity index (χ2n) is 6.90. The van der Waals surface area contributed by atoms with Crippen LogP contribution in [0.3, 0.4) is 0 Å². The first-order valence-electron chi connectivity index (χ1n) is 9.55. The number of aryl methyl sites for hydroxylation is 1. The molecule has 158 valence electrons. The predicted octanol–water partition coefficient (Wildman–Crippen LogP) is 2.14. The molecule has 0 radical (unpaired) electrons. The molecule has 0 amide bonds. The van der Waals surface area contributed by atoms with Crippen LogP contribution in [0.2, 0.25) is 0 Å². The van der Waals surface area contributed by atoms with Crippen molar-refractivity contribution in [3.63, 3.8) is 0 Å². The summed E-state index contributed by atoms with van der Waals surface area (Å²) in [5, 5.41) is 3.71. The molecule has 0 unspecified atom stereocenters. The first kappa shape index (κ1) is 20.2. The fourth-order valence-electron chi connectivity index (χ4n) is 3.20. The third-order valence-corrected chi connectivity index (χ3v) is 4.84. The van der Waals surface area contributed by atoms with Gasteiger partial charge in [0.2, 0.25) is 5.95 Å². The molecule has 2 aromatic heterocycles. The molecule has 0 saturated carbocycles. The molecule has 3 aromatic rings. The Bertz CT molecular complexity index is 1120. The van der Waals surface area contributed by atoms with E-state index < -0.39 is 17.2 Å². The van der Waals surface area contributed by atoms with Crippen LogP contribution < -0.4 is 15.6 Å². The molecule has 30 heavy (non-hydrogen) atoms. The molecule has 1 N–H and O–H groups in total. The standard InChI is InChI=1S/C20H21F2N5O3/c1-26-18-13(10-17(19(26)28)30-16-3-2-14(21)11-15(16)22)12-24-20(25-18)23-4-5-27-6-8-29-9-7-27/h2-3,10-12H,4-9H2,1H3,(H,23,24,25). The number of fused-ring (bicyclic) bond motifs is 1. The van der Waals surface area contributed by atoms with Crippen LogP contribution in [0, 0.1) is 11.6 Å². The summed E-state index contributed by atoms with van der Waals surface area (Å²) in [6.07, 6.45) is 1.56. The number of anilines is 1. The van der Waals surface area contributed by atoms with E-state index in [4.69, 9.17) is 9.47 Å². The van der Waals surface area contributed by atoms with Crippen LogP contribution in [0.15, 0.2) is 35.3 Å². The van der Waals surface area contributed by atoms with Crippen LogP contribution in [-0.4, -0.2) is 58.8 Å². The lowest BCUT2D eigenvalue weighted by Crippen LogP contribution is -2.39. The lowest BCUT2D eigenvalue weighted by molar-refractivity contribution is 0.0398. The third-order valence-electron chi connectivity index (χ3n) is 4.84. The Morgan fingerprint density at radius 1 is 1.20 bits per heavy atom. The number of morpholine rings is 1. The minimum absolute atomic E-state index is 0.105. The maximum Gasteiger partial charge on any atom is 0.294 e. The Morgan fingerprint density at radius 2 is 2.00 bits per heavy atom. The van der Waals surface area contributed by atoms with Crippen molar-refractivity contribution in [3.05, 3.63) is 52.5 Å². The quantitative estimate of drug-likeness (QED) is 0.658. The molecule has 0 aliphatic carbocycles. The number of aromatic nitrogens is 3. The summed E-state index contributed by atoms with van der Waals surface area (Å²) >= 11 is 0. The summed E-state index contributed by atoms with van der Waals surface area (Å²) in [5.41, 5.74) is -0.0833. The molecule has 0 atom stereocenters. The van der Waals surface area contributed by atoms with E-state index in [1.807, 2.05) is 0 Å². The van der Waals surface area contributed by atoms with E-state index >= 15 is 0 Å². The Kier molecular flexibility index (Phi) is 5.86. The van der Waals surface area contributed by atoms with Gasteiger partial charge in [0.15, 0.2) is 17.3 Å². The molecule has 0 spiro atoms. The molecule has 4 rings (SSSR count). The van der Waals surface area contributed by atoms with Gasteiger partial charge in [-0.25, -0.2) is 13.8 Å². The second kappa shape index (κ2) is 8.72. The van der Waals surface area contributed by atoms with Gasteiger partial charge in [-0.1, -0.05) is 0 Å². The average molecular weight is 417 g/mol. The van der Waals surface area contributed by atoms with E-state index in [2.05, 4.69) is 20.2 Å². The Labute approximate surface area is 171 Å². The van der Waals surface area contributed by atoms with Crippen LogP contribution in [0.5, 0.6) is 11.5 Å². The zero-order valence-corrected chi connectivity index (χ0v) is 16.4. The second-order valence-corrected chi connectivity index (χ2v) is 6.90. The van der Waals surface area contributed by atoms with Gasteiger partial charge >= 0.3 is 0 Å². The first-order chi connectivity index (χ1) is 14.5. The summed E-state index contributed by atoms with van der Waals surface area (Å²) in [7, 11) is 1.54. The minimum atomic E-state index is -0.895. The topological polar surface area (TPSA) is 81.5 Å². The summed E-state index contributed by atoms with van der Waals surface area (Å²) in [5.74, 6) is -1.56. The highest BCUT2D eigenvalue weighted by Gasteiger charge is 2.14. The van der Waals surface area contributed by atoms with E-state index in [-0.39, 0.29) is 11.5 Å². The van der Waals surface area contributed by atoms with Gasteiger partial charge in [-0.3, -0.25) is 14.3 Å². The molecule has 1 aliphatic heterocycles. The zero-order chi connectivity index (χ0) is 21.1. The summed E-state index contributed by atoms with van der Waals surface area (Å²) in [6, 6.07) is 4.32. The Balaban J connectivity index is 1.52. The van der Waals surface area contributed by atoms with Crippen molar-refractivity contribution < 1.29 is 18.3 Å². The molecule has 1 saturated heterocycles. The first-order valence-corrected chi connectivity index (χ1v) is 9.55. The third kappa shape index (κ3) is 4.39. The fourth-order valence-corrected chi connectivity index (χ4v) is 3.20. The number of hydrogen-bond donors (Lipinski definition) is 1. The van der Waals surface area contributed by atoms with Gasteiger partial charge in [0.1, 0.15) is 11.5 Å². The number of nitrogens with zero attached hydrogens (tertiary/aromatic N) is 4. The molecule has 3 heterocycles. The van der Waals surface area contributed by atoms with E-state index in [9.17, 15) is 13.6 Å². The van der Waals surface area contributed by atoms with E-state index in [1.54, 1.807) is 13.2 Å². The monoisotopic (exact) mass is 417 g/mol. The number of halogens is 2. The van der Waals surface area contributed by atoms with Gasteiger partial charge in [-0.15, -0.1) is 0 Å². The van der Waals surface area contributed by atoms with Crippen molar-refractivity contribution in [3.8, 4) is 11.5 Å². The van der Waals surface area contributed by atoms with Crippen LogP contribution in [-0.2, 0) is 11.8 Å². The van der Waals surface area contributed by atoms with Crippen molar-refractivity contribution in [1.82, 2.24) is 19.4 Å². The summed E-state index contributed by atoms with van der Waals surface area (Å²) in [6.45, 7) is 4.75. The molecule has 8 nitrogen and oxygen atoms in total. The smallest absolute Gasteiger partial charge is 0.294 e. The molecular weight excluding hydrogens is 396 g/mol. The molecular formula is C20H21F2N5O3. The molecule has 0 bridgehead atoms. The number of rotatable bonds is 6. The van der Waals surface area contributed by atoms with Crippen molar-refractivity contribution in [2.24, 2.45) is 7.05 Å². The highest BCUT2D eigenvalue weighted by Crippen LogP contribution is 2.24. The Morgan fingerprint density at radius 3 is 2.77 bits per heavy atom. The van der Waals surface area contributed by atoms with Gasteiger partial charge < -0.3 is 14.8 Å². The highest BCUT2D eigenvalue weighted by molar-refractivity contribution is 5.76. The lowest BCUT2D eigenvalue weighted by Gasteiger charge is -2.26. The Hall–Kier alpha value is -3.11. The minimum Gasteiger partial charge on any atom is -0.448 e. The van der Waals surface area contributed by atoms with Gasteiger partial charge in [-0.05, 0) is 18.2 Å². The van der Waals surface area contributed by atoms with Crippen LogP contribution >= 0.6 is 0 Å². The summed E-state index contributed by atoms with van der Waals surface area (Å²) in [4.78, 5) is 23.6. The largest absolute Gasteiger partial charge is 0.448 e. The molecule has 1 aromatic carbocycles. The normalized spacial score (nSPS) is 14.8. The fraction of sp³-hybridized carbons (Fsp3) is 0.350. The van der Waals surface area contributed by atoms with E-state index in [0.29, 0.717) is 29.6 Å². The van der Waals surface area contributed by atoms with Crippen molar-refractivity contribution >= 4 is 17.0 Å². The van der Waals surface area contributed by atoms with Crippen LogP contribution in [0.1, 0.15) is 0 Å². The van der Waals surface area contributed by atoms with Crippen LogP contribution in [0.25, 0.3) is 11.0 Å². The number of benzene rings is 1. The van der Waals surface area contributed by atoms with Gasteiger partial charge in [0.05, 0.1) is 13.2 Å². The van der Waals surface area contributed by atoms with Crippen molar-refractivity contribution in [1.29, 1.82) is 0 Å². The summed E-state index contributed by atoms with van der Waals surface area (Å²) < 4.78 is 39.0. The predicted molar refractivity (Wildman–Crippen MR) is 107 cm³/mol. The maximum absolute atomic E-state index is 13.9.